The zero-order chi connectivity index (χ0) is 12.1. The van der Waals surface area contributed by atoms with Gasteiger partial charge in [-0.15, -0.1) is 0 Å². The summed E-state index contributed by atoms with van der Waals surface area (Å²) in [6.07, 6.45) is 0. The van der Waals surface area contributed by atoms with Crippen LogP contribution in [0.4, 0.5) is 11.4 Å². The second-order valence-electron chi connectivity index (χ2n) is 2.91. The molecule has 0 aliphatic carbocycles. The van der Waals surface area contributed by atoms with Gasteiger partial charge >= 0.3 is 5.69 Å². The van der Waals surface area contributed by atoms with Crippen LogP contribution in [0.3, 0.4) is 0 Å². The van der Waals surface area contributed by atoms with Crippen molar-refractivity contribution in [2.45, 2.75) is 0 Å². The Morgan fingerprint density at radius 1 is 1.50 bits per heavy atom. The quantitative estimate of drug-likeness (QED) is 0.388. The Kier molecular flexibility index (Phi) is 4.51. The summed E-state index contributed by atoms with van der Waals surface area (Å²) >= 11 is 3.18. The molecule has 0 heterocycles. The van der Waals surface area contributed by atoms with E-state index >= 15 is 0 Å². The summed E-state index contributed by atoms with van der Waals surface area (Å²) in [6.45, 7) is 0.567. The predicted molar refractivity (Wildman–Crippen MR) is 62.6 cm³/mol. The van der Waals surface area contributed by atoms with Gasteiger partial charge in [0, 0.05) is 7.11 Å². The molecule has 0 atom stereocenters. The Labute approximate surface area is 101 Å². The Bertz CT molecular complexity index is 397. The minimum absolute atomic E-state index is 0.0700. The van der Waals surface area contributed by atoms with Crippen LogP contribution in [-0.2, 0) is 4.74 Å². The molecule has 0 saturated heterocycles. The molecule has 0 saturated carbocycles. The van der Waals surface area contributed by atoms with E-state index in [9.17, 15) is 10.1 Å². The van der Waals surface area contributed by atoms with Gasteiger partial charge in [0.05, 0.1) is 16.0 Å². The molecule has 88 valence electrons. The lowest BCUT2D eigenvalue weighted by atomic mass is 10.2. The number of rotatable bonds is 5. The SMILES string of the molecule is COCCOc1c(Br)ccc(N)c1[N+](=O)[O-]. The van der Waals surface area contributed by atoms with Gasteiger partial charge in [0.15, 0.2) is 0 Å². The van der Waals surface area contributed by atoms with Crippen molar-refractivity contribution < 1.29 is 14.4 Å². The van der Waals surface area contributed by atoms with Gasteiger partial charge in [0.1, 0.15) is 12.3 Å². The molecule has 1 aromatic carbocycles. The first-order valence-corrected chi connectivity index (χ1v) is 5.21. The second kappa shape index (κ2) is 5.66. The molecule has 1 aromatic rings. The van der Waals surface area contributed by atoms with E-state index in [2.05, 4.69) is 15.9 Å². The Morgan fingerprint density at radius 2 is 2.19 bits per heavy atom. The Hall–Kier alpha value is -1.34. The minimum atomic E-state index is -0.567. The molecular weight excluding hydrogens is 280 g/mol. The van der Waals surface area contributed by atoms with Crippen LogP contribution in [0.1, 0.15) is 0 Å². The molecule has 1 rings (SSSR count). The van der Waals surface area contributed by atoms with Gasteiger partial charge in [-0.3, -0.25) is 10.1 Å². The lowest BCUT2D eigenvalue weighted by molar-refractivity contribution is -0.385. The first-order chi connectivity index (χ1) is 7.57. The maximum Gasteiger partial charge on any atom is 0.334 e. The van der Waals surface area contributed by atoms with Gasteiger partial charge in [-0.05, 0) is 28.1 Å². The number of methoxy groups -OCH3 is 1. The first kappa shape index (κ1) is 12.7. The third kappa shape index (κ3) is 2.83. The van der Waals surface area contributed by atoms with Crippen LogP contribution in [0.5, 0.6) is 5.75 Å². The van der Waals surface area contributed by atoms with Crippen LogP contribution in [0, 0.1) is 10.1 Å². The molecule has 7 heteroatoms. The number of nitrogens with zero attached hydrogens (tertiary/aromatic N) is 1. The van der Waals surface area contributed by atoms with Gasteiger partial charge in [-0.25, -0.2) is 0 Å². The van der Waals surface area contributed by atoms with Crippen molar-refractivity contribution in [3.63, 3.8) is 0 Å². The molecule has 0 fully saturated rings. The highest BCUT2D eigenvalue weighted by Crippen LogP contribution is 2.39. The van der Waals surface area contributed by atoms with Gasteiger partial charge < -0.3 is 15.2 Å². The number of hydrogen-bond donors (Lipinski definition) is 1. The predicted octanol–water partition coefficient (Wildman–Crippen LogP) is 1.96. The summed E-state index contributed by atoms with van der Waals surface area (Å²) in [5, 5.41) is 10.8. The molecule has 2 N–H and O–H groups in total. The highest BCUT2D eigenvalue weighted by molar-refractivity contribution is 9.10. The average molecular weight is 291 g/mol. The minimum Gasteiger partial charge on any atom is -0.484 e. The number of nitrogens with two attached hydrogens (primary N) is 1. The van der Waals surface area contributed by atoms with Gasteiger partial charge in [-0.2, -0.15) is 0 Å². The number of ether oxygens (including phenoxy) is 2. The van der Waals surface area contributed by atoms with E-state index in [1.54, 1.807) is 6.07 Å². The maximum atomic E-state index is 10.8. The number of nitro benzene ring substituents is 1. The lowest BCUT2D eigenvalue weighted by Crippen LogP contribution is -2.07. The molecule has 0 radical (unpaired) electrons. The molecule has 0 spiro atoms. The van der Waals surface area contributed by atoms with E-state index in [0.717, 1.165) is 0 Å². The summed E-state index contributed by atoms with van der Waals surface area (Å²) in [7, 11) is 1.52. The molecule has 16 heavy (non-hydrogen) atoms. The molecule has 0 amide bonds. The van der Waals surface area contributed by atoms with Crippen LogP contribution in [0.2, 0.25) is 0 Å². The number of nitrogen functional groups attached to an aromatic ring is 1. The maximum absolute atomic E-state index is 10.8. The number of halogens is 1. The molecule has 0 aromatic heterocycles. The fraction of sp³-hybridized carbons (Fsp3) is 0.333. The van der Waals surface area contributed by atoms with E-state index in [0.29, 0.717) is 11.1 Å². The lowest BCUT2D eigenvalue weighted by Gasteiger charge is -2.09. The van der Waals surface area contributed by atoms with E-state index in [4.69, 9.17) is 15.2 Å². The van der Waals surface area contributed by atoms with Crippen LogP contribution < -0.4 is 10.5 Å². The Balaban J connectivity index is 3.03. The van der Waals surface area contributed by atoms with Crippen LogP contribution in [0.15, 0.2) is 16.6 Å². The van der Waals surface area contributed by atoms with E-state index in [-0.39, 0.29) is 23.7 Å². The van der Waals surface area contributed by atoms with Crippen molar-refractivity contribution in [1.29, 1.82) is 0 Å². The largest absolute Gasteiger partial charge is 0.484 e. The standard InChI is InChI=1S/C9H11BrN2O4/c1-15-4-5-16-9-6(10)2-3-7(11)8(9)12(13)14/h2-3H,4-5,11H2,1H3. The van der Waals surface area contributed by atoms with Crippen molar-refractivity contribution >= 4 is 27.3 Å². The third-order valence-corrected chi connectivity index (χ3v) is 2.46. The molecular formula is C9H11BrN2O4. The molecule has 0 aliphatic rings. The van der Waals surface area contributed by atoms with Crippen LogP contribution in [-0.4, -0.2) is 25.2 Å². The summed E-state index contributed by atoms with van der Waals surface area (Å²) in [6, 6.07) is 3.05. The molecule has 0 bridgehead atoms. The monoisotopic (exact) mass is 290 g/mol. The topological polar surface area (TPSA) is 87.6 Å². The smallest absolute Gasteiger partial charge is 0.334 e. The summed E-state index contributed by atoms with van der Waals surface area (Å²) in [4.78, 5) is 10.3. The molecule has 6 nitrogen and oxygen atoms in total. The van der Waals surface area contributed by atoms with Crippen molar-refractivity contribution in [2.24, 2.45) is 0 Å². The summed E-state index contributed by atoms with van der Waals surface area (Å²) in [5.74, 6) is 0.127. The van der Waals surface area contributed by atoms with Crippen LogP contribution in [0.25, 0.3) is 0 Å². The highest BCUT2D eigenvalue weighted by Gasteiger charge is 2.22. The summed E-state index contributed by atoms with van der Waals surface area (Å²) < 4.78 is 10.5. The summed E-state index contributed by atoms with van der Waals surface area (Å²) in [5.41, 5.74) is 5.36. The molecule has 0 aliphatic heterocycles. The fourth-order valence-corrected chi connectivity index (χ4v) is 1.55. The van der Waals surface area contributed by atoms with Gasteiger partial charge in [0.2, 0.25) is 5.75 Å². The number of hydrogen-bond acceptors (Lipinski definition) is 5. The zero-order valence-electron chi connectivity index (χ0n) is 8.60. The number of nitro groups is 1. The van der Waals surface area contributed by atoms with Crippen LogP contribution >= 0.6 is 15.9 Å². The van der Waals surface area contributed by atoms with E-state index in [1.807, 2.05) is 0 Å². The Morgan fingerprint density at radius 3 is 2.75 bits per heavy atom. The van der Waals surface area contributed by atoms with Crippen molar-refractivity contribution in [2.75, 3.05) is 26.1 Å². The highest BCUT2D eigenvalue weighted by atomic mass is 79.9. The normalized spacial score (nSPS) is 10.1. The average Bonchev–Trinajstić information content (AvgIpc) is 2.23. The van der Waals surface area contributed by atoms with Gasteiger partial charge in [0.25, 0.3) is 0 Å². The van der Waals surface area contributed by atoms with Gasteiger partial charge in [-0.1, -0.05) is 0 Å². The number of benzene rings is 1. The third-order valence-electron chi connectivity index (χ3n) is 1.83. The first-order valence-electron chi connectivity index (χ1n) is 4.42. The fourth-order valence-electron chi connectivity index (χ4n) is 1.11. The van der Waals surface area contributed by atoms with Crippen molar-refractivity contribution in [1.82, 2.24) is 0 Å². The molecule has 0 unspecified atom stereocenters. The van der Waals surface area contributed by atoms with E-state index < -0.39 is 4.92 Å². The van der Waals surface area contributed by atoms with E-state index in [1.165, 1.54) is 13.2 Å². The van der Waals surface area contributed by atoms with Crippen molar-refractivity contribution in [3.05, 3.63) is 26.7 Å². The van der Waals surface area contributed by atoms with Crippen molar-refractivity contribution in [3.8, 4) is 5.75 Å². The zero-order valence-corrected chi connectivity index (χ0v) is 10.2. The number of anilines is 1. The second-order valence-corrected chi connectivity index (χ2v) is 3.77.